The molecular formula is C9H16F2N4O. The first-order chi connectivity index (χ1) is 7.43. The van der Waals surface area contributed by atoms with Crippen LogP contribution in [0.4, 0.5) is 8.78 Å². The van der Waals surface area contributed by atoms with Gasteiger partial charge in [0, 0.05) is 18.0 Å². The van der Waals surface area contributed by atoms with Gasteiger partial charge in [0.1, 0.15) is 0 Å². The lowest BCUT2D eigenvalue weighted by Gasteiger charge is -2.18. The van der Waals surface area contributed by atoms with Crippen molar-refractivity contribution >= 4 is 5.91 Å². The van der Waals surface area contributed by atoms with Crippen molar-refractivity contribution in [3.8, 4) is 0 Å². The van der Waals surface area contributed by atoms with Crippen LogP contribution in [0.1, 0.15) is 13.8 Å². The number of hydrogen-bond donors (Lipinski definition) is 1. The van der Waals surface area contributed by atoms with Gasteiger partial charge in [0.15, 0.2) is 0 Å². The molecule has 0 spiro atoms. The van der Waals surface area contributed by atoms with Gasteiger partial charge in [0.2, 0.25) is 5.91 Å². The Hall–Kier alpha value is -1.37. The normalized spacial score (nSPS) is 10.9. The predicted octanol–water partition coefficient (Wildman–Crippen LogP) is 1.58. The van der Waals surface area contributed by atoms with Crippen LogP contribution in [0.2, 0.25) is 0 Å². The van der Waals surface area contributed by atoms with E-state index in [1.54, 1.807) is 13.8 Å². The van der Waals surface area contributed by atoms with Crippen molar-refractivity contribution in [2.45, 2.75) is 13.8 Å². The van der Waals surface area contributed by atoms with E-state index in [2.05, 4.69) is 10.3 Å². The summed E-state index contributed by atoms with van der Waals surface area (Å²) in [5.74, 6) is -0.718. The highest BCUT2D eigenvalue weighted by Gasteiger charge is 2.19. The third-order valence-corrected chi connectivity index (χ3v) is 1.80. The molecule has 0 heterocycles. The zero-order valence-electron chi connectivity index (χ0n) is 9.57. The van der Waals surface area contributed by atoms with Crippen LogP contribution in [0, 0.1) is 5.92 Å². The molecular weight excluding hydrogens is 218 g/mol. The Balaban J connectivity index is 4.83. The second kappa shape index (κ2) is 7.00. The second-order valence-corrected chi connectivity index (χ2v) is 3.41. The Labute approximate surface area is 93.0 Å². The molecule has 0 saturated heterocycles. The zero-order valence-corrected chi connectivity index (χ0v) is 9.57. The lowest BCUT2D eigenvalue weighted by Crippen LogP contribution is -2.32. The number of rotatable bonds is 5. The van der Waals surface area contributed by atoms with Crippen LogP contribution in [-0.4, -0.2) is 31.1 Å². The summed E-state index contributed by atoms with van der Waals surface area (Å²) in [6, 6.07) is 0. The van der Waals surface area contributed by atoms with Crippen LogP contribution >= 0.6 is 0 Å². The molecule has 0 fully saturated rings. The number of hydrogen-bond acceptors (Lipinski definition) is 4. The van der Waals surface area contributed by atoms with E-state index in [9.17, 15) is 13.6 Å². The standard InChI is InChI=1S/C9H16F2N4O/c1-6(2)9(16)15(14-13-3)5-7(4-12)8(10)11/h6H,4-5,12H2,1-3H3. The minimum atomic E-state index is -1.88. The average Bonchev–Trinajstić information content (AvgIpc) is 2.22. The van der Waals surface area contributed by atoms with Gasteiger partial charge in [-0.15, -0.1) is 0 Å². The highest BCUT2D eigenvalue weighted by molar-refractivity contribution is 5.77. The van der Waals surface area contributed by atoms with E-state index in [1.165, 1.54) is 7.05 Å². The third-order valence-electron chi connectivity index (χ3n) is 1.80. The molecule has 0 aromatic heterocycles. The van der Waals surface area contributed by atoms with E-state index in [4.69, 9.17) is 5.73 Å². The average molecular weight is 234 g/mol. The largest absolute Gasteiger partial charge is 0.327 e. The van der Waals surface area contributed by atoms with E-state index in [1.807, 2.05) is 0 Å². The Morgan fingerprint density at radius 1 is 1.44 bits per heavy atom. The van der Waals surface area contributed by atoms with Crippen LogP contribution in [-0.2, 0) is 4.79 Å². The van der Waals surface area contributed by atoms with Gasteiger partial charge in [0.05, 0.1) is 13.6 Å². The van der Waals surface area contributed by atoms with Crippen molar-refractivity contribution in [3.63, 3.8) is 0 Å². The maximum absolute atomic E-state index is 12.4. The number of halogens is 2. The van der Waals surface area contributed by atoms with Crippen molar-refractivity contribution in [2.75, 3.05) is 20.1 Å². The van der Waals surface area contributed by atoms with Gasteiger partial charge < -0.3 is 5.73 Å². The van der Waals surface area contributed by atoms with Crippen molar-refractivity contribution in [3.05, 3.63) is 11.7 Å². The number of nitrogens with zero attached hydrogens (tertiary/aromatic N) is 3. The Bertz CT molecular complexity index is 298. The maximum atomic E-state index is 12.4. The third kappa shape index (κ3) is 4.43. The summed E-state index contributed by atoms with van der Waals surface area (Å²) in [5.41, 5.74) is 4.83. The molecule has 0 unspecified atom stereocenters. The molecule has 16 heavy (non-hydrogen) atoms. The van der Waals surface area contributed by atoms with Crippen LogP contribution in [0.5, 0.6) is 0 Å². The van der Waals surface area contributed by atoms with Crippen LogP contribution in [0.15, 0.2) is 22.0 Å². The van der Waals surface area contributed by atoms with Crippen molar-refractivity contribution in [1.29, 1.82) is 0 Å². The van der Waals surface area contributed by atoms with Gasteiger partial charge >= 0.3 is 0 Å². The summed E-state index contributed by atoms with van der Waals surface area (Å²) in [7, 11) is 1.36. The van der Waals surface area contributed by atoms with Gasteiger partial charge in [-0.3, -0.25) is 4.79 Å². The number of carbonyl (C=O) groups excluding carboxylic acids is 1. The monoisotopic (exact) mass is 234 g/mol. The van der Waals surface area contributed by atoms with E-state index in [0.29, 0.717) is 0 Å². The van der Waals surface area contributed by atoms with E-state index in [0.717, 1.165) is 5.01 Å². The number of carbonyl (C=O) groups is 1. The highest BCUT2D eigenvalue weighted by Crippen LogP contribution is 2.11. The molecule has 0 aliphatic heterocycles. The lowest BCUT2D eigenvalue weighted by molar-refractivity contribution is -0.134. The number of nitrogens with two attached hydrogens (primary N) is 1. The molecule has 0 radical (unpaired) electrons. The van der Waals surface area contributed by atoms with Crippen molar-refractivity contribution in [1.82, 2.24) is 5.01 Å². The molecule has 0 atom stereocenters. The first-order valence-corrected chi connectivity index (χ1v) is 4.78. The van der Waals surface area contributed by atoms with Gasteiger partial charge in [-0.25, -0.2) is 5.01 Å². The molecule has 0 rings (SSSR count). The van der Waals surface area contributed by atoms with E-state index < -0.39 is 6.08 Å². The molecule has 0 aliphatic rings. The van der Waals surface area contributed by atoms with Crippen LogP contribution < -0.4 is 5.73 Å². The minimum absolute atomic E-state index is 0.316. The second-order valence-electron chi connectivity index (χ2n) is 3.41. The minimum Gasteiger partial charge on any atom is -0.327 e. The summed E-state index contributed by atoms with van der Waals surface area (Å²) < 4.78 is 24.7. The van der Waals surface area contributed by atoms with E-state index >= 15 is 0 Å². The molecule has 0 aromatic carbocycles. The van der Waals surface area contributed by atoms with Crippen LogP contribution in [0.25, 0.3) is 0 Å². The topological polar surface area (TPSA) is 71.1 Å². The van der Waals surface area contributed by atoms with Gasteiger partial charge in [-0.05, 0) is 0 Å². The van der Waals surface area contributed by atoms with Crippen molar-refractivity contribution < 1.29 is 13.6 Å². The molecule has 0 aliphatic carbocycles. The Morgan fingerprint density at radius 2 is 2.00 bits per heavy atom. The molecule has 0 aromatic rings. The molecule has 5 nitrogen and oxygen atoms in total. The van der Waals surface area contributed by atoms with E-state index in [-0.39, 0.29) is 30.5 Å². The fraction of sp³-hybridized carbons (Fsp3) is 0.667. The Kier molecular flexibility index (Phi) is 6.40. The summed E-state index contributed by atoms with van der Waals surface area (Å²) in [6.07, 6.45) is -1.88. The summed E-state index contributed by atoms with van der Waals surface area (Å²) in [4.78, 5) is 11.6. The summed E-state index contributed by atoms with van der Waals surface area (Å²) in [6.45, 7) is 2.66. The predicted molar refractivity (Wildman–Crippen MR) is 55.6 cm³/mol. The quantitative estimate of drug-likeness (QED) is 0.579. The zero-order chi connectivity index (χ0) is 12.7. The van der Waals surface area contributed by atoms with Gasteiger partial charge in [-0.2, -0.15) is 13.9 Å². The SMILES string of the molecule is CN=NN(CC(CN)=C(F)F)C(=O)C(C)C. The fourth-order valence-electron chi connectivity index (χ4n) is 0.942. The maximum Gasteiger partial charge on any atom is 0.272 e. The van der Waals surface area contributed by atoms with Gasteiger partial charge in [-0.1, -0.05) is 19.1 Å². The Morgan fingerprint density at radius 3 is 2.31 bits per heavy atom. The molecule has 2 N–H and O–H groups in total. The summed E-state index contributed by atoms with van der Waals surface area (Å²) in [5, 5.41) is 7.80. The lowest BCUT2D eigenvalue weighted by atomic mass is 10.2. The molecule has 1 amide bonds. The smallest absolute Gasteiger partial charge is 0.272 e. The molecule has 7 heteroatoms. The van der Waals surface area contributed by atoms with Crippen LogP contribution in [0.3, 0.4) is 0 Å². The van der Waals surface area contributed by atoms with Crippen molar-refractivity contribution in [2.24, 2.45) is 22.0 Å². The highest BCUT2D eigenvalue weighted by atomic mass is 19.3. The first kappa shape index (κ1) is 14.6. The first-order valence-electron chi connectivity index (χ1n) is 4.78. The molecule has 92 valence electrons. The molecule has 0 bridgehead atoms. The summed E-state index contributed by atoms with van der Waals surface area (Å²) >= 11 is 0. The number of amides is 1. The van der Waals surface area contributed by atoms with Gasteiger partial charge in [0.25, 0.3) is 6.08 Å². The molecule has 0 saturated carbocycles. The fourth-order valence-corrected chi connectivity index (χ4v) is 0.942.